The van der Waals surface area contributed by atoms with E-state index >= 15 is 0 Å². The summed E-state index contributed by atoms with van der Waals surface area (Å²) < 4.78 is 39.3. The van der Waals surface area contributed by atoms with E-state index in [-0.39, 0.29) is 0 Å². The van der Waals surface area contributed by atoms with E-state index in [1.807, 2.05) is 0 Å². The van der Waals surface area contributed by atoms with E-state index < -0.39 is 36.1 Å². The molecule has 11 heteroatoms. The van der Waals surface area contributed by atoms with Gasteiger partial charge in [0.2, 0.25) is 5.91 Å². The maximum Gasteiger partial charge on any atom is 0.436 e. The molecule has 0 aromatic carbocycles. The molecule has 1 aliphatic carbocycles. The van der Waals surface area contributed by atoms with Crippen molar-refractivity contribution in [3.8, 4) is 6.07 Å². The lowest BCUT2D eigenvalue weighted by Gasteiger charge is -2.14. The quantitative estimate of drug-likeness (QED) is 0.682. The number of thiophene rings is 1. The van der Waals surface area contributed by atoms with E-state index in [1.54, 1.807) is 0 Å². The molecule has 0 radical (unpaired) electrons. The number of hydrogen-bond acceptors (Lipinski definition) is 6. The summed E-state index contributed by atoms with van der Waals surface area (Å²) in [5.74, 6) is -0.629. The summed E-state index contributed by atoms with van der Waals surface area (Å²) in [4.78, 5) is 13.3. The zero-order valence-corrected chi connectivity index (χ0v) is 14.8. The minimum absolute atomic E-state index is 0.394. The van der Waals surface area contributed by atoms with Gasteiger partial charge in [-0.2, -0.15) is 23.5 Å². The highest BCUT2D eigenvalue weighted by Gasteiger charge is 2.37. The maximum atomic E-state index is 12.8. The van der Waals surface area contributed by atoms with Gasteiger partial charge in [0.1, 0.15) is 29.4 Å². The number of aliphatic hydroxyl groups excluding tert-OH is 1. The molecule has 0 saturated heterocycles. The molecule has 2 aromatic heterocycles. The minimum atomic E-state index is -4.78. The van der Waals surface area contributed by atoms with Gasteiger partial charge in [-0.3, -0.25) is 9.48 Å². The van der Waals surface area contributed by atoms with Crippen molar-refractivity contribution in [3.05, 3.63) is 33.5 Å². The third-order valence-electron chi connectivity index (χ3n) is 4.22. The van der Waals surface area contributed by atoms with Crippen molar-refractivity contribution in [2.45, 2.75) is 44.6 Å². The molecular formula is C16H16F3N5O2S. The Kier molecular flexibility index (Phi) is 5.23. The van der Waals surface area contributed by atoms with Crippen LogP contribution in [0.2, 0.25) is 0 Å². The van der Waals surface area contributed by atoms with Gasteiger partial charge in [-0.15, -0.1) is 11.3 Å². The van der Waals surface area contributed by atoms with Gasteiger partial charge in [0, 0.05) is 16.6 Å². The number of carbonyl (C=O) groups excluding carboxylic acids is 1. The van der Waals surface area contributed by atoms with Gasteiger partial charge in [-0.25, -0.2) is 0 Å². The Labute approximate surface area is 156 Å². The van der Waals surface area contributed by atoms with Crippen LogP contribution in [-0.4, -0.2) is 20.8 Å². The van der Waals surface area contributed by atoms with Crippen LogP contribution >= 0.6 is 11.3 Å². The number of carbonyl (C=O) groups is 1. The van der Waals surface area contributed by atoms with Crippen LogP contribution in [0.4, 0.5) is 18.2 Å². The number of hydrogen-bond donors (Lipinski definition) is 3. The van der Waals surface area contributed by atoms with Gasteiger partial charge in [0.05, 0.1) is 0 Å². The minimum Gasteiger partial charge on any atom is -0.374 e. The number of nitrogens with zero attached hydrogens (tertiary/aromatic N) is 3. The van der Waals surface area contributed by atoms with Crippen LogP contribution in [0.5, 0.6) is 0 Å². The lowest BCUT2D eigenvalue weighted by atomic mass is 9.95. The standard InChI is InChI=1S/C16H16F3N5O2S/c17-16(18,19)13-8(5-20)6-24(23-13)7-11(25)22-15-12(14(21)26)9-3-1-2-4-10(9)27-15/h6,14,26H,1-4,7,21H2,(H,22,25). The first-order valence-electron chi connectivity index (χ1n) is 8.13. The molecule has 1 atom stereocenters. The molecule has 3 rings (SSSR count). The number of nitriles is 1. The lowest BCUT2D eigenvalue weighted by Crippen LogP contribution is -2.21. The summed E-state index contributed by atoms with van der Waals surface area (Å²) in [6.07, 6.45) is -1.62. The number of aliphatic hydroxyl groups is 1. The largest absolute Gasteiger partial charge is 0.436 e. The van der Waals surface area contributed by atoms with Crippen molar-refractivity contribution in [2.24, 2.45) is 5.73 Å². The van der Waals surface area contributed by atoms with Crippen molar-refractivity contribution < 1.29 is 23.1 Å². The predicted molar refractivity (Wildman–Crippen MR) is 90.7 cm³/mol. The number of nitrogens with one attached hydrogen (secondary N) is 1. The molecule has 2 aromatic rings. The van der Waals surface area contributed by atoms with E-state index in [9.17, 15) is 23.1 Å². The molecule has 7 nitrogen and oxygen atoms in total. The van der Waals surface area contributed by atoms with Crippen LogP contribution < -0.4 is 11.1 Å². The first-order chi connectivity index (χ1) is 12.7. The number of nitrogens with two attached hydrogens (primary N) is 1. The van der Waals surface area contributed by atoms with Gasteiger partial charge in [-0.1, -0.05) is 0 Å². The third-order valence-corrected chi connectivity index (χ3v) is 5.44. The van der Waals surface area contributed by atoms with Gasteiger partial charge < -0.3 is 16.2 Å². The molecule has 27 heavy (non-hydrogen) atoms. The normalized spacial score (nSPS) is 15.1. The number of fused-ring (bicyclic) bond motifs is 1. The van der Waals surface area contributed by atoms with E-state index in [0.717, 1.165) is 47.0 Å². The Balaban J connectivity index is 1.80. The van der Waals surface area contributed by atoms with Crippen molar-refractivity contribution in [1.82, 2.24) is 9.78 Å². The Bertz CT molecular complexity index is 911. The summed E-state index contributed by atoms with van der Waals surface area (Å²) >= 11 is 1.31. The molecule has 144 valence electrons. The average Bonchev–Trinajstić information content (AvgIpc) is 3.14. The summed E-state index contributed by atoms with van der Waals surface area (Å²) in [7, 11) is 0. The topological polar surface area (TPSA) is 117 Å². The number of halogens is 3. The molecule has 1 aliphatic rings. The van der Waals surface area contributed by atoms with Crippen LogP contribution in [0.3, 0.4) is 0 Å². The monoisotopic (exact) mass is 399 g/mol. The van der Waals surface area contributed by atoms with Gasteiger partial charge in [-0.05, 0) is 31.2 Å². The number of alkyl halides is 3. The fourth-order valence-corrected chi connectivity index (χ4v) is 4.45. The lowest BCUT2D eigenvalue weighted by molar-refractivity contribution is -0.141. The number of aryl methyl sites for hydroxylation is 1. The molecular weight excluding hydrogens is 383 g/mol. The molecule has 0 bridgehead atoms. The van der Waals surface area contributed by atoms with Gasteiger partial charge >= 0.3 is 6.18 Å². The third kappa shape index (κ3) is 3.97. The number of amides is 1. The Morgan fingerprint density at radius 1 is 1.48 bits per heavy atom. The van der Waals surface area contributed by atoms with E-state index in [4.69, 9.17) is 11.0 Å². The fraction of sp³-hybridized carbons (Fsp3) is 0.438. The smallest absolute Gasteiger partial charge is 0.374 e. The van der Waals surface area contributed by atoms with E-state index in [2.05, 4.69) is 10.4 Å². The highest BCUT2D eigenvalue weighted by molar-refractivity contribution is 7.16. The van der Waals surface area contributed by atoms with Gasteiger partial charge in [0.15, 0.2) is 5.69 Å². The number of aromatic nitrogens is 2. The molecule has 1 amide bonds. The second-order valence-corrected chi connectivity index (χ2v) is 7.25. The second-order valence-electron chi connectivity index (χ2n) is 6.15. The van der Waals surface area contributed by atoms with Crippen LogP contribution in [0.25, 0.3) is 0 Å². The fourth-order valence-electron chi connectivity index (χ4n) is 3.10. The van der Waals surface area contributed by atoms with E-state index in [0.29, 0.717) is 10.6 Å². The highest BCUT2D eigenvalue weighted by atomic mass is 32.1. The molecule has 2 heterocycles. The maximum absolute atomic E-state index is 12.8. The first-order valence-corrected chi connectivity index (χ1v) is 8.95. The Hall–Kier alpha value is -2.42. The van der Waals surface area contributed by atoms with Crippen molar-refractivity contribution in [3.63, 3.8) is 0 Å². The Morgan fingerprint density at radius 2 is 2.19 bits per heavy atom. The average molecular weight is 399 g/mol. The zero-order valence-electron chi connectivity index (χ0n) is 14.0. The molecule has 4 N–H and O–H groups in total. The number of anilines is 1. The molecule has 1 unspecified atom stereocenters. The summed E-state index contributed by atoms with van der Waals surface area (Å²) in [5, 5.41) is 25.0. The van der Waals surface area contributed by atoms with E-state index in [1.165, 1.54) is 17.4 Å². The summed E-state index contributed by atoms with van der Waals surface area (Å²) in [5.41, 5.74) is 5.04. The van der Waals surface area contributed by atoms with Crippen LogP contribution in [0.15, 0.2) is 6.20 Å². The molecule has 0 aliphatic heterocycles. The van der Waals surface area contributed by atoms with Crippen LogP contribution in [0.1, 0.15) is 46.3 Å². The summed E-state index contributed by atoms with van der Waals surface area (Å²) in [6, 6.07) is 1.42. The first kappa shape index (κ1) is 19.3. The van der Waals surface area contributed by atoms with Gasteiger partial charge in [0.25, 0.3) is 0 Å². The van der Waals surface area contributed by atoms with Crippen LogP contribution in [-0.2, 0) is 30.4 Å². The van der Waals surface area contributed by atoms with Crippen molar-refractivity contribution in [2.75, 3.05) is 5.32 Å². The molecule has 0 saturated carbocycles. The van der Waals surface area contributed by atoms with Crippen molar-refractivity contribution in [1.29, 1.82) is 5.26 Å². The summed E-state index contributed by atoms with van der Waals surface area (Å²) in [6.45, 7) is -0.507. The predicted octanol–water partition coefficient (Wildman–Crippen LogP) is 2.30. The highest BCUT2D eigenvalue weighted by Crippen LogP contribution is 2.40. The SMILES string of the molecule is N#Cc1cn(CC(=O)Nc2sc3c(c2C(N)O)CCCC3)nc1C(F)(F)F. The molecule has 0 fully saturated rings. The zero-order chi connectivity index (χ0) is 19.8. The molecule has 0 spiro atoms. The Morgan fingerprint density at radius 3 is 2.78 bits per heavy atom. The number of rotatable bonds is 4. The van der Waals surface area contributed by atoms with Crippen LogP contribution in [0, 0.1) is 11.3 Å². The second kappa shape index (κ2) is 7.30. The van der Waals surface area contributed by atoms with Crippen molar-refractivity contribution >= 4 is 22.2 Å².